The maximum absolute atomic E-state index is 12.7. The van der Waals surface area contributed by atoms with E-state index < -0.39 is 0 Å². The summed E-state index contributed by atoms with van der Waals surface area (Å²) < 4.78 is 0. The minimum absolute atomic E-state index is 0.102. The molecule has 0 unspecified atom stereocenters. The molecule has 168 valence electrons. The number of piperazine rings is 1. The molecular formula is C25H25N5O2S. The van der Waals surface area contributed by atoms with Gasteiger partial charge in [0.15, 0.2) is 0 Å². The third-order valence-electron chi connectivity index (χ3n) is 5.92. The van der Waals surface area contributed by atoms with Gasteiger partial charge < -0.3 is 9.88 Å². The number of nitrogens with one attached hydrogen (secondary N) is 1. The predicted molar refractivity (Wildman–Crippen MR) is 130 cm³/mol. The normalized spacial score (nSPS) is 14.6. The van der Waals surface area contributed by atoms with Crippen LogP contribution in [-0.2, 0) is 17.8 Å². The number of carbonyl (C=O) groups is 1. The zero-order valence-electron chi connectivity index (χ0n) is 18.2. The summed E-state index contributed by atoms with van der Waals surface area (Å²) in [5, 5.41) is 3.73. The zero-order chi connectivity index (χ0) is 22.6. The van der Waals surface area contributed by atoms with Gasteiger partial charge in [0.05, 0.1) is 16.6 Å². The molecule has 1 N–H and O–H groups in total. The number of hydrogen-bond acceptors (Lipinski definition) is 6. The smallest absolute Gasteiger partial charge is 0.258 e. The Bertz CT molecular complexity index is 1310. The van der Waals surface area contributed by atoms with Crippen LogP contribution in [0.5, 0.6) is 0 Å². The summed E-state index contributed by atoms with van der Waals surface area (Å²) in [6.07, 6.45) is 0.772. The lowest BCUT2D eigenvalue weighted by molar-refractivity contribution is -0.133. The molecule has 33 heavy (non-hydrogen) atoms. The number of amides is 1. The summed E-state index contributed by atoms with van der Waals surface area (Å²) in [6, 6.07) is 17.5. The van der Waals surface area contributed by atoms with Gasteiger partial charge in [0.2, 0.25) is 5.91 Å². The van der Waals surface area contributed by atoms with Crippen molar-refractivity contribution in [2.24, 2.45) is 0 Å². The van der Waals surface area contributed by atoms with Crippen molar-refractivity contribution in [3.63, 3.8) is 0 Å². The number of aromatic amines is 1. The average molecular weight is 460 g/mol. The lowest BCUT2D eigenvalue weighted by atomic mass is 10.2. The Morgan fingerprint density at radius 1 is 0.970 bits per heavy atom. The van der Waals surface area contributed by atoms with Crippen LogP contribution in [0.3, 0.4) is 0 Å². The molecule has 2 aromatic heterocycles. The SMILES string of the molecule is O=C(CCc1nc2ccccc2c(=O)[nH]1)N1CCN(Cc2csc(-c3ccccc3)n2)CC1. The molecule has 0 radical (unpaired) electrons. The van der Waals surface area contributed by atoms with Gasteiger partial charge >= 0.3 is 0 Å². The molecule has 0 bridgehead atoms. The van der Waals surface area contributed by atoms with Crippen LogP contribution in [0.15, 0.2) is 64.8 Å². The summed E-state index contributed by atoms with van der Waals surface area (Å²) in [6.45, 7) is 3.87. The highest BCUT2D eigenvalue weighted by molar-refractivity contribution is 7.13. The first kappa shape index (κ1) is 21.5. The molecular weight excluding hydrogens is 434 g/mol. The fourth-order valence-corrected chi connectivity index (χ4v) is 4.93. The standard InChI is InChI=1S/C25H25N5O2S/c31-23(11-10-22-27-21-9-5-4-8-20(21)24(32)28-22)30-14-12-29(13-15-30)16-19-17-33-25(26-19)18-6-2-1-3-7-18/h1-9,17H,10-16H2,(H,27,28,32). The summed E-state index contributed by atoms with van der Waals surface area (Å²) in [4.78, 5) is 41.3. The number of aryl methyl sites for hydroxylation is 1. The Hall–Kier alpha value is -3.36. The lowest BCUT2D eigenvalue weighted by Gasteiger charge is -2.34. The minimum Gasteiger partial charge on any atom is -0.340 e. The zero-order valence-corrected chi connectivity index (χ0v) is 19.1. The van der Waals surface area contributed by atoms with Crippen LogP contribution in [0.2, 0.25) is 0 Å². The van der Waals surface area contributed by atoms with E-state index in [1.54, 1.807) is 17.4 Å². The van der Waals surface area contributed by atoms with Crippen molar-refractivity contribution in [2.45, 2.75) is 19.4 Å². The molecule has 0 atom stereocenters. The number of para-hydroxylation sites is 1. The van der Waals surface area contributed by atoms with E-state index in [9.17, 15) is 9.59 Å². The Kier molecular flexibility index (Phi) is 6.28. The third-order valence-corrected chi connectivity index (χ3v) is 6.86. The Morgan fingerprint density at radius 2 is 1.73 bits per heavy atom. The van der Waals surface area contributed by atoms with Crippen LogP contribution < -0.4 is 5.56 Å². The minimum atomic E-state index is -0.158. The van der Waals surface area contributed by atoms with Gasteiger partial charge in [0.1, 0.15) is 10.8 Å². The number of rotatable bonds is 6. The number of thiazole rings is 1. The largest absolute Gasteiger partial charge is 0.340 e. The molecule has 1 aliphatic heterocycles. The first-order chi connectivity index (χ1) is 16.2. The number of H-pyrrole nitrogens is 1. The van der Waals surface area contributed by atoms with E-state index in [0.717, 1.165) is 35.9 Å². The first-order valence-corrected chi connectivity index (χ1v) is 12.0. The van der Waals surface area contributed by atoms with Gasteiger partial charge in [-0.05, 0) is 12.1 Å². The molecule has 1 saturated heterocycles. The quantitative estimate of drug-likeness (QED) is 0.478. The molecule has 1 fully saturated rings. The molecule has 1 aliphatic rings. The number of nitrogens with zero attached hydrogens (tertiary/aromatic N) is 4. The van der Waals surface area contributed by atoms with Crippen molar-refractivity contribution >= 4 is 28.1 Å². The highest BCUT2D eigenvalue weighted by Crippen LogP contribution is 2.24. The van der Waals surface area contributed by atoms with Gasteiger partial charge in [-0.1, -0.05) is 42.5 Å². The van der Waals surface area contributed by atoms with E-state index in [1.807, 2.05) is 41.3 Å². The summed E-state index contributed by atoms with van der Waals surface area (Å²) in [5.74, 6) is 0.661. The van der Waals surface area contributed by atoms with Gasteiger partial charge in [-0.25, -0.2) is 9.97 Å². The second kappa shape index (κ2) is 9.64. The average Bonchev–Trinajstić information content (AvgIpc) is 3.32. The Balaban J connectivity index is 1.12. The molecule has 5 rings (SSSR count). The van der Waals surface area contributed by atoms with Crippen LogP contribution in [0.4, 0.5) is 0 Å². The fourth-order valence-electron chi connectivity index (χ4n) is 4.11. The maximum atomic E-state index is 12.7. The topological polar surface area (TPSA) is 82.2 Å². The molecule has 0 saturated carbocycles. The number of aromatic nitrogens is 3. The van der Waals surface area contributed by atoms with Gasteiger partial charge in [-0.15, -0.1) is 11.3 Å². The van der Waals surface area contributed by atoms with E-state index >= 15 is 0 Å². The Morgan fingerprint density at radius 3 is 2.55 bits per heavy atom. The van der Waals surface area contributed by atoms with E-state index in [1.165, 1.54) is 0 Å². The van der Waals surface area contributed by atoms with Crippen molar-refractivity contribution in [1.82, 2.24) is 24.8 Å². The van der Waals surface area contributed by atoms with Crippen molar-refractivity contribution in [3.05, 3.63) is 81.8 Å². The van der Waals surface area contributed by atoms with Gasteiger partial charge in [-0.2, -0.15) is 0 Å². The monoisotopic (exact) mass is 459 g/mol. The molecule has 0 aliphatic carbocycles. The fraction of sp³-hybridized carbons (Fsp3) is 0.280. The molecule has 3 heterocycles. The second-order valence-corrected chi connectivity index (χ2v) is 9.05. The summed E-state index contributed by atoms with van der Waals surface area (Å²) in [7, 11) is 0. The number of hydrogen-bond donors (Lipinski definition) is 1. The molecule has 1 amide bonds. The van der Waals surface area contributed by atoms with Crippen LogP contribution in [0, 0.1) is 0 Å². The van der Waals surface area contributed by atoms with Crippen molar-refractivity contribution < 1.29 is 4.79 Å². The van der Waals surface area contributed by atoms with Gasteiger partial charge in [-0.3, -0.25) is 14.5 Å². The van der Waals surface area contributed by atoms with E-state index in [0.29, 0.717) is 42.7 Å². The Labute approximate surface area is 195 Å². The van der Waals surface area contributed by atoms with Gasteiger partial charge in [0.25, 0.3) is 5.56 Å². The highest BCUT2D eigenvalue weighted by atomic mass is 32.1. The van der Waals surface area contributed by atoms with Gasteiger partial charge in [0, 0.05) is 56.5 Å². The summed E-state index contributed by atoms with van der Waals surface area (Å²) in [5.41, 5.74) is 2.72. The number of benzene rings is 2. The first-order valence-electron chi connectivity index (χ1n) is 11.1. The molecule has 4 aromatic rings. The maximum Gasteiger partial charge on any atom is 0.258 e. The predicted octanol–water partition coefficient (Wildman–Crippen LogP) is 3.32. The van der Waals surface area contributed by atoms with Crippen molar-refractivity contribution in [1.29, 1.82) is 0 Å². The second-order valence-electron chi connectivity index (χ2n) is 8.20. The van der Waals surface area contributed by atoms with E-state index in [-0.39, 0.29) is 11.5 Å². The van der Waals surface area contributed by atoms with E-state index in [4.69, 9.17) is 4.98 Å². The highest BCUT2D eigenvalue weighted by Gasteiger charge is 2.22. The molecule has 0 spiro atoms. The summed E-state index contributed by atoms with van der Waals surface area (Å²) >= 11 is 1.67. The number of fused-ring (bicyclic) bond motifs is 1. The van der Waals surface area contributed by atoms with Crippen molar-refractivity contribution in [2.75, 3.05) is 26.2 Å². The lowest BCUT2D eigenvalue weighted by Crippen LogP contribution is -2.48. The number of carbonyl (C=O) groups excluding carboxylic acids is 1. The molecule has 7 nitrogen and oxygen atoms in total. The van der Waals surface area contributed by atoms with Crippen LogP contribution in [0.1, 0.15) is 17.9 Å². The molecule has 8 heteroatoms. The molecule has 2 aromatic carbocycles. The van der Waals surface area contributed by atoms with Crippen LogP contribution in [0.25, 0.3) is 21.5 Å². The van der Waals surface area contributed by atoms with Crippen molar-refractivity contribution in [3.8, 4) is 10.6 Å². The third kappa shape index (κ3) is 5.02. The van der Waals surface area contributed by atoms with Crippen LogP contribution in [-0.4, -0.2) is 56.8 Å². The van der Waals surface area contributed by atoms with Crippen LogP contribution >= 0.6 is 11.3 Å². The van der Waals surface area contributed by atoms with E-state index in [2.05, 4.69) is 32.4 Å².